The molecule has 4 aromatic carbocycles. The summed E-state index contributed by atoms with van der Waals surface area (Å²) >= 11 is -0.346. The van der Waals surface area contributed by atoms with Crippen LogP contribution in [0.5, 0.6) is 0 Å². The van der Waals surface area contributed by atoms with Crippen molar-refractivity contribution in [1.82, 2.24) is 4.90 Å². The van der Waals surface area contributed by atoms with Crippen molar-refractivity contribution in [3.63, 3.8) is 0 Å². The summed E-state index contributed by atoms with van der Waals surface area (Å²) in [4.78, 5) is 10.9. The minimum Gasteiger partial charge on any atom is -0.0622 e. The number of rotatable bonds is 8. The molecule has 4 aromatic rings. The molecule has 2 fully saturated rings. The number of carbonyl (C=O) groups excluding carboxylic acids is 1. The third kappa shape index (κ3) is 9.71. The third-order valence-electron chi connectivity index (χ3n) is 8.62. The molecule has 0 aromatic heterocycles. The Hall–Kier alpha value is -1.59. The second-order valence-corrected chi connectivity index (χ2v) is 19.0. The Morgan fingerprint density at radius 1 is 0.568 bits per heavy atom. The molecule has 1 amide bonds. The minimum absolute atomic E-state index is 0.346. The van der Waals surface area contributed by atoms with E-state index in [9.17, 15) is 4.79 Å². The second kappa shape index (κ2) is 19.2. The van der Waals surface area contributed by atoms with Crippen LogP contribution in [0.2, 0.25) is 0 Å². The van der Waals surface area contributed by atoms with E-state index >= 15 is 0 Å². The Morgan fingerprint density at radius 2 is 0.818 bits per heavy atom. The van der Waals surface area contributed by atoms with Crippen molar-refractivity contribution in [1.29, 1.82) is 0 Å². The molecule has 234 valence electrons. The average molecular weight is 752 g/mol. The molecule has 2 nitrogen and oxygen atoms in total. The van der Waals surface area contributed by atoms with Crippen LogP contribution < -0.4 is 21.2 Å². The van der Waals surface area contributed by atoms with E-state index < -0.39 is 0 Å². The van der Waals surface area contributed by atoms with Crippen LogP contribution >= 0.6 is 35.2 Å². The van der Waals surface area contributed by atoms with Gasteiger partial charge in [0, 0.05) is 14.1 Å². The van der Waals surface area contributed by atoms with E-state index in [4.69, 9.17) is 19.4 Å². The number of hydrogen-bond acceptors (Lipinski definition) is 1. The second-order valence-electron chi connectivity index (χ2n) is 11.5. The Bertz CT molecular complexity index is 1170. The molecule has 2 saturated carbocycles. The SMILES string of the molecule is CN(C)C=O.[Cl][Ru][Cl].c1ccc(P(c2ccccc2)[C@@H]2CCC[C@@H]2[C@H]2CCC[C@H]2P(c2ccccc2)c2ccccc2)cc1. The largest absolute Gasteiger partial charge is 0.0622 e. The predicted octanol–water partition coefficient (Wildman–Crippen LogP) is 8.67. The van der Waals surface area contributed by atoms with Gasteiger partial charge in [0.1, 0.15) is 0 Å². The third-order valence-corrected chi connectivity index (χ3v) is 14.7. The summed E-state index contributed by atoms with van der Waals surface area (Å²) in [6, 6.07) is 45.9. The van der Waals surface area contributed by atoms with Crippen LogP contribution in [0.3, 0.4) is 0 Å². The van der Waals surface area contributed by atoms with Crippen molar-refractivity contribution in [2.75, 3.05) is 14.1 Å². The van der Waals surface area contributed by atoms with Crippen LogP contribution in [0.25, 0.3) is 0 Å². The molecule has 0 aliphatic heterocycles. The maximum absolute atomic E-state index is 9.43. The molecule has 0 heterocycles. The Labute approximate surface area is 283 Å². The molecule has 4 atom stereocenters. The Morgan fingerprint density at radius 3 is 1.05 bits per heavy atom. The van der Waals surface area contributed by atoms with Crippen molar-refractivity contribution < 1.29 is 19.9 Å². The summed E-state index contributed by atoms with van der Waals surface area (Å²) < 4.78 is 0. The fourth-order valence-corrected chi connectivity index (χ4v) is 13.5. The van der Waals surface area contributed by atoms with Gasteiger partial charge >= 0.3 is 34.5 Å². The van der Waals surface area contributed by atoms with Crippen LogP contribution in [-0.4, -0.2) is 36.7 Å². The number of hydrogen-bond donors (Lipinski definition) is 0. The normalized spacial score (nSPS) is 20.9. The zero-order valence-corrected chi connectivity index (χ0v) is 30.6. The number of halogens is 2. The summed E-state index contributed by atoms with van der Waals surface area (Å²) in [6.07, 6.45) is 9.14. The number of amides is 1. The molecule has 0 radical (unpaired) electrons. The first-order valence-corrected chi connectivity index (χ1v) is 22.6. The zero-order chi connectivity index (χ0) is 31.1. The minimum atomic E-state index is -0.347. The van der Waals surface area contributed by atoms with Crippen LogP contribution in [0.1, 0.15) is 38.5 Å². The van der Waals surface area contributed by atoms with E-state index in [0.29, 0.717) is 0 Å². The molecule has 44 heavy (non-hydrogen) atoms. The molecule has 0 N–H and O–H groups in total. The van der Waals surface area contributed by atoms with Gasteiger partial charge < -0.3 is 4.90 Å². The van der Waals surface area contributed by atoms with E-state index in [-0.39, 0.29) is 31.0 Å². The molecule has 2 aliphatic rings. The van der Waals surface area contributed by atoms with E-state index in [1.165, 1.54) is 43.4 Å². The summed E-state index contributed by atoms with van der Waals surface area (Å²) in [5.41, 5.74) is 1.58. The Balaban J connectivity index is 0.000000496. The summed E-state index contributed by atoms with van der Waals surface area (Å²) in [5, 5.41) is 6.27. The van der Waals surface area contributed by atoms with E-state index in [2.05, 4.69) is 121 Å². The molecular formula is C37H43Cl2NOP2Ru. The maximum atomic E-state index is 9.43. The van der Waals surface area contributed by atoms with Gasteiger partial charge in [0.2, 0.25) is 6.41 Å². The van der Waals surface area contributed by atoms with Crippen molar-refractivity contribution in [2.45, 2.75) is 49.8 Å². The van der Waals surface area contributed by atoms with Gasteiger partial charge in [-0.15, -0.1) is 0 Å². The van der Waals surface area contributed by atoms with Crippen molar-refractivity contribution in [3.05, 3.63) is 121 Å². The van der Waals surface area contributed by atoms with Gasteiger partial charge in [-0.05, 0) is 85.9 Å². The van der Waals surface area contributed by atoms with Gasteiger partial charge in [0.25, 0.3) is 0 Å². The van der Waals surface area contributed by atoms with Crippen molar-refractivity contribution in [3.8, 4) is 0 Å². The van der Waals surface area contributed by atoms with Gasteiger partial charge in [-0.2, -0.15) is 0 Å². The van der Waals surface area contributed by atoms with Crippen molar-refractivity contribution in [2.24, 2.45) is 11.8 Å². The molecule has 2 aliphatic carbocycles. The Kier molecular flexibility index (Phi) is 15.4. The standard InChI is InChI=1S/C34H36P2.C3H7NO.2ClH.Ru/c1-5-15-27(16-6-1)35(28-17-7-2-8-18-28)33-25-13-23-31(33)32-24-14-26-34(32)36(29-19-9-3-10-20-29)30-21-11-4-12-22-30;1-4(2)3-5;;;/h1-12,15-22,31-34H,13-14,23-26H2;3H,1-2H3;2*1H;/q;;;;+2/p-2/t31-,32-,33-,34-;;;;/m1..../s1. The fraction of sp³-hybridized carbons (Fsp3) is 0.324. The maximum Gasteiger partial charge on any atom is -0.00976 e. The first-order chi connectivity index (χ1) is 21.6. The monoisotopic (exact) mass is 751 g/mol. The smallest absolute Gasteiger partial charge is 0.00976 e. The molecule has 6 rings (SSSR count). The molecular weight excluding hydrogens is 708 g/mol. The molecule has 0 spiro atoms. The van der Waals surface area contributed by atoms with Crippen LogP contribution in [-0.2, 0) is 19.9 Å². The summed E-state index contributed by atoms with van der Waals surface area (Å²) in [5.74, 6) is 1.67. The molecule has 0 unspecified atom stereocenters. The first kappa shape index (κ1) is 35.3. The van der Waals surface area contributed by atoms with Gasteiger partial charge in [-0.3, -0.25) is 4.79 Å². The van der Waals surface area contributed by atoms with E-state index in [1.807, 2.05) is 0 Å². The zero-order valence-electron chi connectivity index (χ0n) is 25.5. The number of nitrogens with zero attached hydrogens (tertiary/aromatic N) is 1. The molecule has 7 heteroatoms. The van der Waals surface area contributed by atoms with Crippen LogP contribution in [0.15, 0.2) is 121 Å². The topological polar surface area (TPSA) is 20.3 Å². The number of benzene rings is 4. The predicted molar refractivity (Wildman–Crippen MR) is 192 cm³/mol. The molecule has 0 saturated heterocycles. The molecule has 0 bridgehead atoms. The van der Waals surface area contributed by atoms with Crippen molar-refractivity contribution >= 4 is 62.9 Å². The quantitative estimate of drug-likeness (QED) is 0.100. The van der Waals surface area contributed by atoms with Gasteiger partial charge in [-0.25, -0.2) is 0 Å². The van der Waals surface area contributed by atoms with Gasteiger partial charge in [-0.1, -0.05) is 134 Å². The summed E-state index contributed by atoms with van der Waals surface area (Å²) in [6.45, 7) is 0. The van der Waals surface area contributed by atoms with Crippen LogP contribution in [0.4, 0.5) is 0 Å². The van der Waals surface area contributed by atoms with Gasteiger partial charge in [0.15, 0.2) is 0 Å². The van der Waals surface area contributed by atoms with E-state index in [1.54, 1.807) is 35.3 Å². The fourth-order valence-electron chi connectivity index (χ4n) is 7.00. The first-order valence-electron chi connectivity index (χ1n) is 15.3. The number of carbonyl (C=O) groups is 1. The van der Waals surface area contributed by atoms with Crippen LogP contribution in [0, 0.1) is 11.8 Å². The average Bonchev–Trinajstić information content (AvgIpc) is 3.74. The van der Waals surface area contributed by atoms with Gasteiger partial charge in [0.05, 0.1) is 0 Å². The van der Waals surface area contributed by atoms with E-state index in [0.717, 1.165) is 29.6 Å². The summed E-state index contributed by atoms with van der Waals surface area (Å²) in [7, 11) is 12.4.